The molecule has 0 radical (unpaired) electrons. The molecule has 0 N–H and O–H groups in total. The Bertz CT molecular complexity index is 496. The monoisotopic (exact) mass is 277 g/mol. The molecular weight excluding hydrogens is 256 g/mol. The van der Waals surface area contributed by atoms with E-state index in [9.17, 15) is 8.78 Å². The molecule has 0 unspecified atom stereocenters. The maximum absolute atomic E-state index is 14.0. The van der Waals surface area contributed by atoms with Crippen LogP contribution in [0.5, 0.6) is 0 Å². The Morgan fingerprint density at radius 3 is 2.45 bits per heavy atom. The number of nitriles is 1. The normalized spacial score (nSPS) is 22.5. The highest BCUT2D eigenvalue weighted by Crippen LogP contribution is 2.39. The number of hydrogen-bond acceptors (Lipinski definition) is 1. The minimum absolute atomic E-state index is 0.107. The van der Waals surface area contributed by atoms with E-state index < -0.39 is 11.6 Å². The van der Waals surface area contributed by atoms with Gasteiger partial charge in [0.15, 0.2) is 11.6 Å². The van der Waals surface area contributed by atoms with Gasteiger partial charge in [0.05, 0.1) is 5.56 Å². The second kappa shape index (κ2) is 6.83. The first-order chi connectivity index (χ1) is 9.67. The molecule has 0 spiro atoms. The Morgan fingerprint density at radius 2 is 1.85 bits per heavy atom. The van der Waals surface area contributed by atoms with Gasteiger partial charge in [-0.05, 0) is 49.1 Å². The van der Waals surface area contributed by atoms with Gasteiger partial charge in [-0.25, -0.2) is 8.78 Å². The predicted molar refractivity (Wildman–Crippen MR) is 75.3 cm³/mol. The summed E-state index contributed by atoms with van der Waals surface area (Å²) in [6.45, 7) is 2.19. The lowest BCUT2D eigenvalue weighted by atomic mass is 9.77. The van der Waals surface area contributed by atoms with E-state index in [-0.39, 0.29) is 11.5 Å². The maximum atomic E-state index is 14.0. The highest BCUT2D eigenvalue weighted by molar-refractivity contribution is 5.36. The van der Waals surface area contributed by atoms with Gasteiger partial charge in [-0.1, -0.05) is 32.3 Å². The Hall–Kier alpha value is -1.43. The van der Waals surface area contributed by atoms with E-state index in [1.807, 2.05) is 0 Å². The van der Waals surface area contributed by atoms with Gasteiger partial charge in [0.1, 0.15) is 6.07 Å². The first kappa shape index (κ1) is 15.0. The molecule has 2 rings (SSSR count). The molecule has 0 aromatic heterocycles. The van der Waals surface area contributed by atoms with E-state index >= 15 is 0 Å². The Labute approximate surface area is 119 Å². The molecule has 1 aliphatic rings. The first-order valence-electron chi connectivity index (χ1n) is 7.55. The van der Waals surface area contributed by atoms with Crippen LogP contribution in [-0.4, -0.2) is 0 Å². The molecule has 1 saturated carbocycles. The first-order valence-corrected chi connectivity index (χ1v) is 7.55. The van der Waals surface area contributed by atoms with Gasteiger partial charge in [-0.2, -0.15) is 5.26 Å². The number of benzene rings is 1. The fraction of sp³-hybridized carbons (Fsp3) is 0.588. The summed E-state index contributed by atoms with van der Waals surface area (Å²) in [5.41, 5.74) is 0.248. The number of rotatable bonds is 4. The summed E-state index contributed by atoms with van der Waals surface area (Å²) in [7, 11) is 0. The average Bonchev–Trinajstić information content (AvgIpc) is 2.48. The van der Waals surface area contributed by atoms with Crippen LogP contribution in [0, 0.1) is 28.9 Å². The Morgan fingerprint density at radius 1 is 1.15 bits per heavy atom. The van der Waals surface area contributed by atoms with Crippen LogP contribution >= 0.6 is 0 Å². The summed E-state index contributed by atoms with van der Waals surface area (Å²) in [5, 5.41) is 8.70. The van der Waals surface area contributed by atoms with Crippen molar-refractivity contribution in [1.29, 1.82) is 5.26 Å². The van der Waals surface area contributed by atoms with Crippen molar-refractivity contribution in [3.8, 4) is 6.07 Å². The fourth-order valence-electron chi connectivity index (χ4n) is 3.22. The third-order valence-electron chi connectivity index (χ3n) is 4.49. The zero-order valence-corrected chi connectivity index (χ0v) is 12.0. The lowest BCUT2D eigenvalue weighted by Crippen LogP contribution is -2.15. The molecule has 108 valence electrons. The lowest BCUT2D eigenvalue weighted by Gasteiger charge is -2.29. The van der Waals surface area contributed by atoms with Crippen LogP contribution in [0.15, 0.2) is 12.1 Å². The van der Waals surface area contributed by atoms with Gasteiger partial charge in [0, 0.05) is 0 Å². The van der Waals surface area contributed by atoms with E-state index in [1.54, 1.807) is 12.1 Å². The fourth-order valence-corrected chi connectivity index (χ4v) is 3.22. The molecule has 1 nitrogen and oxygen atoms in total. The van der Waals surface area contributed by atoms with Crippen molar-refractivity contribution in [2.45, 2.75) is 57.8 Å². The van der Waals surface area contributed by atoms with Crippen LogP contribution < -0.4 is 0 Å². The summed E-state index contributed by atoms with van der Waals surface area (Å²) in [4.78, 5) is 0. The van der Waals surface area contributed by atoms with E-state index in [0.29, 0.717) is 5.56 Å². The summed E-state index contributed by atoms with van der Waals surface area (Å²) in [6, 6.07) is 4.67. The standard InChI is InChI=1S/C17H21F2N/c1-2-3-4-12-5-7-13(8-6-12)15-10-9-14(11-20)16(18)17(15)19/h9-10,12-13H,2-8H2,1H3/t12-,13-. The van der Waals surface area contributed by atoms with Gasteiger partial charge in [-0.15, -0.1) is 0 Å². The predicted octanol–water partition coefficient (Wildman–Crippen LogP) is 5.30. The number of nitrogens with zero attached hydrogens (tertiary/aromatic N) is 1. The maximum Gasteiger partial charge on any atom is 0.176 e. The zero-order valence-electron chi connectivity index (χ0n) is 12.0. The van der Waals surface area contributed by atoms with Crippen molar-refractivity contribution in [3.05, 3.63) is 34.9 Å². The SMILES string of the molecule is CCCC[C@H]1CC[C@H](c2ccc(C#N)c(F)c2F)CC1. The van der Waals surface area contributed by atoms with Crippen LogP contribution in [-0.2, 0) is 0 Å². The molecule has 0 saturated heterocycles. The van der Waals surface area contributed by atoms with Crippen molar-refractivity contribution in [1.82, 2.24) is 0 Å². The molecule has 20 heavy (non-hydrogen) atoms. The highest BCUT2D eigenvalue weighted by Gasteiger charge is 2.26. The molecular formula is C17H21F2N. The van der Waals surface area contributed by atoms with Crippen molar-refractivity contribution < 1.29 is 8.78 Å². The lowest BCUT2D eigenvalue weighted by molar-refractivity contribution is 0.299. The van der Waals surface area contributed by atoms with Crippen LogP contribution in [0.1, 0.15) is 68.9 Å². The van der Waals surface area contributed by atoms with Crippen molar-refractivity contribution in [2.24, 2.45) is 5.92 Å². The summed E-state index contributed by atoms with van der Waals surface area (Å²) < 4.78 is 27.7. The highest BCUT2D eigenvalue weighted by atomic mass is 19.2. The quantitative estimate of drug-likeness (QED) is 0.732. The summed E-state index contributed by atoms with van der Waals surface area (Å²) in [6.07, 6.45) is 7.79. The largest absolute Gasteiger partial charge is 0.203 e. The third kappa shape index (κ3) is 3.17. The number of unbranched alkanes of at least 4 members (excludes halogenated alkanes) is 1. The molecule has 1 aliphatic carbocycles. The van der Waals surface area contributed by atoms with Gasteiger partial charge < -0.3 is 0 Å². The topological polar surface area (TPSA) is 23.8 Å². The molecule has 0 aliphatic heterocycles. The van der Waals surface area contributed by atoms with Gasteiger partial charge in [0.25, 0.3) is 0 Å². The minimum atomic E-state index is -0.988. The van der Waals surface area contributed by atoms with E-state index in [2.05, 4.69) is 6.92 Å². The molecule has 1 fully saturated rings. The van der Waals surface area contributed by atoms with E-state index in [0.717, 1.165) is 31.6 Å². The summed E-state index contributed by atoms with van der Waals surface area (Å²) in [5.74, 6) is -0.952. The minimum Gasteiger partial charge on any atom is -0.203 e. The number of halogens is 2. The molecule has 0 bridgehead atoms. The van der Waals surface area contributed by atoms with E-state index in [1.165, 1.54) is 25.3 Å². The zero-order chi connectivity index (χ0) is 14.5. The smallest absolute Gasteiger partial charge is 0.176 e. The molecule has 0 atom stereocenters. The third-order valence-corrected chi connectivity index (χ3v) is 4.49. The van der Waals surface area contributed by atoms with Crippen molar-refractivity contribution >= 4 is 0 Å². The Kier molecular flexibility index (Phi) is 5.11. The summed E-state index contributed by atoms with van der Waals surface area (Å²) >= 11 is 0. The van der Waals surface area contributed by atoms with Crippen molar-refractivity contribution in [2.75, 3.05) is 0 Å². The van der Waals surface area contributed by atoms with Gasteiger partial charge in [-0.3, -0.25) is 0 Å². The molecule has 1 aromatic rings. The second-order valence-corrected chi connectivity index (χ2v) is 5.80. The molecule has 3 heteroatoms. The van der Waals surface area contributed by atoms with Gasteiger partial charge in [0.2, 0.25) is 0 Å². The van der Waals surface area contributed by atoms with Crippen molar-refractivity contribution in [3.63, 3.8) is 0 Å². The van der Waals surface area contributed by atoms with E-state index in [4.69, 9.17) is 5.26 Å². The number of hydrogen-bond donors (Lipinski definition) is 0. The molecule has 0 amide bonds. The van der Waals surface area contributed by atoms with Crippen LogP contribution in [0.3, 0.4) is 0 Å². The van der Waals surface area contributed by atoms with Crippen LogP contribution in [0.2, 0.25) is 0 Å². The Balaban J connectivity index is 2.04. The van der Waals surface area contributed by atoms with Crippen LogP contribution in [0.4, 0.5) is 8.78 Å². The second-order valence-electron chi connectivity index (χ2n) is 5.80. The molecule has 0 heterocycles. The van der Waals surface area contributed by atoms with Gasteiger partial charge >= 0.3 is 0 Å². The average molecular weight is 277 g/mol. The van der Waals surface area contributed by atoms with Crippen LogP contribution in [0.25, 0.3) is 0 Å². The molecule has 1 aromatic carbocycles.